The molecule has 2 amide bonds. The lowest BCUT2D eigenvalue weighted by Crippen LogP contribution is -2.33. The molecule has 1 aliphatic rings. The number of anilines is 1. The molecule has 2 aromatic carbocycles. The Morgan fingerprint density at radius 1 is 1.07 bits per heavy atom. The molecule has 0 bridgehead atoms. The smallest absolute Gasteiger partial charge is 0.337 e. The summed E-state index contributed by atoms with van der Waals surface area (Å²) in [6.45, 7) is 1.48. The molecule has 0 aliphatic carbocycles. The Hall–Kier alpha value is -3.41. The number of nitrogens with zero attached hydrogens (tertiary/aromatic N) is 1. The SMILES string of the molecule is COC(=O)c1ccc(NC(=O)C[C@H]2c3ccccc3C=CN2C(C)=O)cc1. The van der Waals surface area contributed by atoms with Gasteiger partial charge in [0.25, 0.3) is 0 Å². The Morgan fingerprint density at radius 3 is 2.44 bits per heavy atom. The summed E-state index contributed by atoms with van der Waals surface area (Å²) in [6.07, 6.45) is 3.71. The maximum Gasteiger partial charge on any atom is 0.337 e. The third kappa shape index (κ3) is 4.06. The summed E-state index contributed by atoms with van der Waals surface area (Å²) in [7, 11) is 1.31. The maximum atomic E-state index is 12.6. The molecule has 0 aromatic heterocycles. The molecule has 0 spiro atoms. The number of methoxy groups -OCH3 is 1. The molecule has 1 heterocycles. The number of hydrogen-bond donors (Lipinski definition) is 1. The molecule has 1 N–H and O–H groups in total. The van der Waals surface area contributed by atoms with E-state index in [0.717, 1.165) is 11.1 Å². The summed E-state index contributed by atoms with van der Waals surface area (Å²) in [5, 5.41) is 2.81. The van der Waals surface area contributed by atoms with E-state index in [0.29, 0.717) is 11.3 Å². The van der Waals surface area contributed by atoms with E-state index >= 15 is 0 Å². The Bertz CT molecular complexity index is 903. The van der Waals surface area contributed by atoms with Gasteiger partial charge in [-0.25, -0.2) is 4.79 Å². The fraction of sp³-hybridized carbons (Fsp3) is 0.190. The predicted molar refractivity (Wildman–Crippen MR) is 102 cm³/mol. The molecular weight excluding hydrogens is 344 g/mol. The van der Waals surface area contributed by atoms with Crippen LogP contribution in [0.15, 0.2) is 54.7 Å². The van der Waals surface area contributed by atoms with Gasteiger partial charge in [0.05, 0.1) is 25.1 Å². The van der Waals surface area contributed by atoms with E-state index < -0.39 is 5.97 Å². The van der Waals surface area contributed by atoms with Gasteiger partial charge in [-0.05, 0) is 41.5 Å². The zero-order valence-electron chi connectivity index (χ0n) is 15.1. The summed E-state index contributed by atoms with van der Waals surface area (Å²) < 4.78 is 4.66. The highest BCUT2D eigenvalue weighted by Crippen LogP contribution is 2.33. The summed E-state index contributed by atoms with van der Waals surface area (Å²) in [4.78, 5) is 37.6. The van der Waals surface area contributed by atoms with E-state index in [-0.39, 0.29) is 24.3 Å². The van der Waals surface area contributed by atoms with Gasteiger partial charge in [0.2, 0.25) is 11.8 Å². The highest BCUT2D eigenvalue weighted by molar-refractivity contribution is 5.93. The van der Waals surface area contributed by atoms with E-state index in [1.54, 1.807) is 35.4 Å². The van der Waals surface area contributed by atoms with Crippen molar-refractivity contribution in [2.24, 2.45) is 0 Å². The van der Waals surface area contributed by atoms with Crippen molar-refractivity contribution in [1.29, 1.82) is 0 Å². The second-order valence-electron chi connectivity index (χ2n) is 6.21. The van der Waals surface area contributed by atoms with Crippen LogP contribution in [0.25, 0.3) is 6.08 Å². The minimum atomic E-state index is -0.435. The molecular formula is C21H20N2O4. The van der Waals surface area contributed by atoms with Crippen molar-refractivity contribution in [2.75, 3.05) is 12.4 Å². The number of esters is 1. The molecule has 1 atom stereocenters. The van der Waals surface area contributed by atoms with E-state index in [9.17, 15) is 14.4 Å². The number of ether oxygens (including phenoxy) is 1. The predicted octanol–water partition coefficient (Wildman–Crippen LogP) is 3.38. The number of nitrogens with one attached hydrogen (secondary N) is 1. The quantitative estimate of drug-likeness (QED) is 0.844. The zero-order chi connectivity index (χ0) is 19.4. The minimum absolute atomic E-state index is 0.124. The second-order valence-corrected chi connectivity index (χ2v) is 6.21. The van der Waals surface area contributed by atoms with Crippen LogP contribution >= 0.6 is 0 Å². The number of carbonyl (C=O) groups excluding carboxylic acids is 3. The lowest BCUT2D eigenvalue weighted by atomic mass is 9.93. The summed E-state index contributed by atoms with van der Waals surface area (Å²) in [6, 6.07) is 13.8. The lowest BCUT2D eigenvalue weighted by Gasteiger charge is -2.32. The standard InChI is InChI=1S/C21H20N2O4/c1-14(24)23-12-11-15-5-3-4-6-18(15)19(23)13-20(25)22-17-9-7-16(8-10-17)21(26)27-2/h3-12,19H,13H2,1-2H3,(H,22,25)/t19-/m0/s1. The van der Waals surface area contributed by atoms with Gasteiger partial charge in [-0.2, -0.15) is 0 Å². The average Bonchev–Trinajstić information content (AvgIpc) is 2.68. The molecule has 3 rings (SSSR count). The molecule has 1 aliphatic heterocycles. The van der Waals surface area contributed by atoms with Crippen molar-refractivity contribution in [3.8, 4) is 0 Å². The van der Waals surface area contributed by atoms with Crippen molar-refractivity contribution in [1.82, 2.24) is 4.90 Å². The van der Waals surface area contributed by atoms with Gasteiger partial charge >= 0.3 is 5.97 Å². The van der Waals surface area contributed by atoms with Crippen LogP contribution in [0.1, 0.15) is 40.9 Å². The normalized spacial score (nSPS) is 15.0. The maximum absolute atomic E-state index is 12.6. The largest absolute Gasteiger partial charge is 0.465 e. The van der Waals surface area contributed by atoms with Crippen LogP contribution in [-0.2, 0) is 14.3 Å². The van der Waals surface area contributed by atoms with Crippen LogP contribution in [0, 0.1) is 0 Å². The topological polar surface area (TPSA) is 75.7 Å². The Balaban J connectivity index is 1.75. The first kappa shape index (κ1) is 18.4. The van der Waals surface area contributed by atoms with Crippen LogP contribution in [0.3, 0.4) is 0 Å². The minimum Gasteiger partial charge on any atom is -0.465 e. The summed E-state index contributed by atoms with van der Waals surface area (Å²) in [5.41, 5.74) is 2.91. The van der Waals surface area contributed by atoms with Gasteiger partial charge in [-0.3, -0.25) is 9.59 Å². The van der Waals surface area contributed by atoms with Crippen LogP contribution < -0.4 is 5.32 Å². The molecule has 0 saturated heterocycles. The molecule has 6 heteroatoms. The van der Waals surface area contributed by atoms with Gasteiger partial charge in [-0.15, -0.1) is 0 Å². The van der Waals surface area contributed by atoms with E-state index in [2.05, 4.69) is 10.1 Å². The van der Waals surface area contributed by atoms with E-state index in [4.69, 9.17) is 0 Å². The first-order valence-corrected chi connectivity index (χ1v) is 8.54. The van der Waals surface area contributed by atoms with Crippen LogP contribution in [0.4, 0.5) is 5.69 Å². The van der Waals surface area contributed by atoms with Crippen LogP contribution in [-0.4, -0.2) is 29.8 Å². The van der Waals surface area contributed by atoms with E-state index in [1.807, 2.05) is 30.3 Å². The van der Waals surface area contributed by atoms with Crippen LogP contribution in [0.5, 0.6) is 0 Å². The average molecular weight is 364 g/mol. The van der Waals surface area contributed by atoms with Crippen molar-refractivity contribution < 1.29 is 19.1 Å². The van der Waals surface area contributed by atoms with Gasteiger partial charge in [0.15, 0.2) is 0 Å². The van der Waals surface area contributed by atoms with Gasteiger partial charge < -0.3 is 15.0 Å². The number of amides is 2. The summed E-state index contributed by atoms with van der Waals surface area (Å²) >= 11 is 0. The number of carbonyl (C=O) groups is 3. The van der Waals surface area contributed by atoms with Gasteiger partial charge in [0.1, 0.15) is 0 Å². The van der Waals surface area contributed by atoms with Gasteiger partial charge in [-0.1, -0.05) is 24.3 Å². The molecule has 0 radical (unpaired) electrons. The monoisotopic (exact) mass is 364 g/mol. The fourth-order valence-corrected chi connectivity index (χ4v) is 3.11. The van der Waals surface area contributed by atoms with Crippen LogP contribution in [0.2, 0.25) is 0 Å². The van der Waals surface area contributed by atoms with Crippen molar-refractivity contribution >= 4 is 29.5 Å². The lowest BCUT2D eigenvalue weighted by molar-refractivity contribution is -0.129. The molecule has 6 nitrogen and oxygen atoms in total. The first-order chi connectivity index (χ1) is 13.0. The highest BCUT2D eigenvalue weighted by Gasteiger charge is 2.28. The summed E-state index contributed by atoms with van der Waals surface area (Å²) in [5.74, 6) is -0.779. The number of benzene rings is 2. The third-order valence-electron chi connectivity index (χ3n) is 4.44. The molecule has 2 aromatic rings. The Labute approximate surface area is 157 Å². The zero-order valence-corrected chi connectivity index (χ0v) is 15.1. The van der Waals surface area contributed by atoms with Crippen molar-refractivity contribution in [3.05, 3.63) is 71.4 Å². The number of rotatable bonds is 4. The van der Waals surface area contributed by atoms with Crippen molar-refractivity contribution in [3.63, 3.8) is 0 Å². The molecule has 0 unspecified atom stereocenters. The Kier molecular flexibility index (Phi) is 5.35. The van der Waals surface area contributed by atoms with Crippen molar-refractivity contribution in [2.45, 2.75) is 19.4 Å². The first-order valence-electron chi connectivity index (χ1n) is 8.54. The highest BCUT2D eigenvalue weighted by atomic mass is 16.5. The molecule has 27 heavy (non-hydrogen) atoms. The van der Waals surface area contributed by atoms with Gasteiger partial charge in [0, 0.05) is 18.8 Å². The molecule has 0 fully saturated rings. The number of hydrogen-bond acceptors (Lipinski definition) is 4. The van der Waals surface area contributed by atoms with E-state index in [1.165, 1.54) is 14.0 Å². The Morgan fingerprint density at radius 2 is 1.78 bits per heavy atom. The number of fused-ring (bicyclic) bond motifs is 1. The molecule has 138 valence electrons. The fourth-order valence-electron chi connectivity index (χ4n) is 3.11. The molecule has 0 saturated carbocycles. The second kappa shape index (κ2) is 7.86. The third-order valence-corrected chi connectivity index (χ3v) is 4.44.